The fourth-order valence-corrected chi connectivity index (χ4v) is 3.52. The molecule has 0 spiro atoms. The van der Waals surface area contributed by atoms with Crippen LogP contribution in [0.25, 0.3) is 4.96 Å². The number of carbonyl (C=O) groups excluding carboxylic acids is 2. The van der Waals surface area contributed by atoms with E-state index in [1.165, 1.54) is 21.9 Å². The van der Waals surface area contributed by atoms with Crippen molar-refractivity contribution in [3.05, 3.63) is 57.0 Å². The third-order valence-corrected chi connectivity index (χ3v) is 5.13. The molecule has 0 unspecified atom stereocenters. The molecule has 0 fully saturated rings. The van der Waals surface area contributed by atoms with Crippen LogP contribution in [0.1, 0.15) is 54.2 Å². The SMILES string of the molecule is CCCCc1nn2c(=O)cc(COC(=O)c3ccc(NC(=O)CC)cc3)nc2s1. The fourth-order valence-electron chi connectivity index (χ4n) is 2.56. The van der Waals surface area contributed by atoms with Gasteiger partial charge in [0.25, 0.3) is 5.56 Å². The second-order valence-electron chi connectivity index (χ2n) is 6.43. The van der Waals surface area contributed by atoms with E-state index < -0.39 is 5.97 Å². The molecule has 3 rings (SSSR count). The van der Waals surface area contributed by atoms with Crippen LogP contribution < -0.4 is 10.9 Å². The summed E-state index contributed by atoms with van der Waals surface area (Å²) in [5.74, 6) is -0.637. The molecule has 152 valence electrons. The molecule has 9 heteroatoms. The quantitative estimate of drug-likeness (QED) is 0.568. The predicted molar refractivity (Wildman–Crippen MR) is 110 cm³/mol. The third kappa shape index (κ3) is 5.26. The Morgan fingerprint density at radius 3 is 2.66 bits per heavy atom. The minimum absolute atomic E-state index is 0.103. The zero-order valence-electron chi connectivity index (χ0n) is 16.3. The van der Waals surface area contributed by atoms with Crippen molar-refractivity contribution in [2.75, 3.05) is 5.32 Å². The van der Waals surface area contributed by atoms with Crippen LogP contribution in [-0.2, 0) is 22.6 Å². The van der Waals surface area contributed by atoms with Gasteiger partial charge in [0.1, 0.15) is 11.6 Å². The van der Waals surface area contributed by atoms with Crippen molar-refractivity contribution in [1.29, 1.82) is 0 Å². The standard InChI is InChI=1S/C20H22N4O4S/c1-3-5-6-17-23-24-18(26)11-15(22-20(24)29-17)12-28-19(27)13-7-9-14(10-8-13)21-16(25)4-2/h7-11H,3-6,12H2,1-2H3,(H,21,25). The highest BCUT2D eigenvalue weighted by Gasteiger charge is 2.12. The van der Waals surface area contributed by atoms with Gasteiger partial charge in [-0.05, 0) is 30.7 Å². The summed E-state index contributed by atoms with van der Waals surface area (Å²) in [7, 11) is 0. The number of nitrogens with zero attached hydrogens (tertiary/aromatic N) is 3. The Bertz CT molecular complexity index is 1070. The van der Waals surface area contributed by atoms with E-state index in [2.05, 4.69) is 22.3 Å². The number of fused-ring (bicyclic) bond motifs is 1. The van der Waals surface area contributed by atoms with Crippen LogP contribution in [0.3, 0.4) is 0 Å². The van der Waals surface area contributed by atoms with Gasteiger partial charge in [0, 0.05) is 24.6 Å². The Balaban J connectivity index is 1.65. The molecule has 1 aromatic carbocycles. The number of aromatic nitrogens is 3. The summed E-state index contributed by atoms with van der Waals surface area (Å²) in [5, 5.41) is 7.86. The highest BCUT2D eigenvalue weighted by molar-refractivity contribution is 7.16. The van der Waals surface area contributed by atoms with Crippen molar-refractivity contribution in [2.45, 2.75) is 46.1 Å². The molecular weight excluding hydrogens is 392 g/mol. The number of benzene rings is 1. The summed E-state index contributed by atoms with van der Waals surface area (Å²) >= 11 is 1.37. The molecule has 0 radical (unpaired) electrons. The van der Waals surface area contributed by atoms with Gasteiger partial charge in [-0.3, -0.25) is 9.59 Å². The topological polar surface area (TPSA) is 103 Å². The molecule has 8 nitrogen and oxygen atoms in total. The molecule has 0 aliphatic heterocycles. The number of carbonyl (C=O) groups is 2. The molecule has 0 aliphatic rings. The molecule has 3 aromatic rings. The van der Waals surface area contributed by atoms with Crippen LogP contribution in [0.15, 0.2) is 35.1 Å². The highest BCUT2D eigenvalue weighted by atomic mass is 32.1. The van der Waals surface area contributed by atoms with Gasteiger partial charge in [0.2, 0.25) is 10.9 Å². The first kappa shape index (κ1) is 20.7. The number of ether oxygens (including phenoxy) is 1. The monoisotopic (exact) mass is 414 g/mol. The molecular formula is C20H22N4O4S. The first-order valence-corrected chi connectivity index (χ1v) is 10.3. The van der Waals surface area contributed by atoms with Gasteiger partial charge in [0.15, 0.2) is 0 Å². The number of aryl methyl sites for hydroxylation is 1. The average Bonchev–Trinajstić information content (AvgIpc) is 3.14. The summed E-state index contributed by atoms with van der Waals surface area (Å²) in [6.07, 6.45) is 3.23. The maximum absolute atomic E-state index is 12.2. The Hall–Kier alpha value is -3.07. The Kier molecular flexibility index (Phi) is 6.71. The van der Waals surface area contributed by atoms with E-state index in [1.54, 1.807) is 31.2 Å². The van der Waals surface area contributed by atoms with E-state index in [4.69, 9.17) is 4.74 Å². The molecule has 0 bridgehead atoms. The largest absolute Gasteiger partial charge is 0.456 e. The minimum Gasteiger partial charge on any atom is -0.456 e. The van der Waals surface area contributed by atoms with E-state index in [0.29, 0.717) is 28.3 Å². The molecule has 0 aliphatic carbocycles. The zero-order chi connectivity index (χ0) is 20.8. The van der Waals surface area contributed by atoms with Gasteiger partial charge in [-0.15, -0.1) is 0 Å². The molecule has 1 N–H and O–H groups in total. The van der Waals surface area contributed by atoms with Crippen LogP contribution >= 0.6 is 11.3 Å². The number of hydrogen-bond acceptors (Lipinski definition) is 7. The third-order valence-electron chi connectivity index (χ3n) is 4.16. The second-order valence-corrected chi connectivity index (χ2v) is 7.48. The fraction of sp³-hybridized carbons (Fsp3) is 0.350. The number of hydrogen-bond donors (Lipinski definition) is 1. The Labute approximate surface area is 171 Å². The van der Waals surface area contributed by atoms with Crippen LogP contribution in [0.2, 0.25) is 0 Å². The van der Waals surface area contributed by atoms with Crippen LogP contribution in [0.4, 0.5) is 5.69 Å². The van der Waals surface area contributed by atoms with Crippen LogP contribution in [0.5, 0.6) is 0 Å². The first-order valence-electron chi connectivity index (χ1n) is 9.46. The molecule has 1 amide bonds. The van der Waals surface area contributed by atoms with E-state index >= 15 is 0 Å². The first-order chi connectivity index (χ1) is 14.0. The number of anilines is 1. The highest BCUT2D eigenvalue weighted by Crippen LogP contribution is 2.15. The number of amides is 1. The lowest BCUT2D eigenvalue weighted by Gasteiger charge is -2.06. The Morgan fingerprint density at radius 2 is 1.97 bits per heavy atom. The maximum atomic E-state index is 12.2. The van der Waals surface area contributed by atoms with E-state index in [9.17, 15) is 14.4 Å². The molecule has 0 atom stereocenters. The predicted octanol–water partition coefficient (Wildman–Crippen LogP) is 3.20. The zero-order valence-corrected chi connectivity index (χ0v) is 17.1. The minimum atomic E-state index is -0.534. The van der Waals surface area contributed by atoms with Gasteiger partial charge in [0.05, 0.1) is 11.3 Å². The summed E-state index contributed by atoms with van der Waals surface area (Å²) < 4.78 is 6.56. The summed E-state index contributed by atoms with van der Waals surface area (Å²) in [5.41, 5.74) is 1.03. The summed E-state index contributed by atoms with van der Waals surface area (Å²) in [6, 6.07) is 7.74. The van der Waals surface area contributed by atoms with E-state index in [-0.39, 0.29) is 18.1 Å². The van der Waals surface area contributed by atoms with Gasteiger partial charge in [-0.2, -0.15) is 9.61 Å². The van der Waals surface area contributed by atoms with Gasteiger partial charge in [-0.25, -0.2) is 9.78 Å². The van der Waals surface area contributed by atoms with Crippen molar-refractivity contribution < 1.29 is 14.3 Å². The van der Waals surface area contributed by atoms with Gasteiger partial charge < -0.3 is 10.1 Å². The van der Waals surface area contributed by atoms with Gasteiger partial charge in [-0.1, -0.05) is 31.6 Å². The van der Waals surface area contributed by atoms with E-state index in [1.807, 2.05) is 0 Å². The lowest BCUT2D eigenvalue weighted by atomic mass is 10.2. The van der Waals surface area contributed by atoms with Crippen molar-refractivity contribution in [3.8, 4) is 0 Å². The smallest absolute Gasteiger partial charge is 0.338 e. The molecule has 29 heavy (non-hydrogen) atoms. The van der Waals surface area contributed by atoms with Crippen molar-refractivity contribution >= 4 is 33.9 Å². The van der Waals surface area contributed by atoms with Crippen molar-refractivity contribution in [2.24, 2.45) is 0 Å². The maximum Gasteiger partial charge on any atom is 0.338 e. The molecule has 2 heterocycles. The van der Waals surface area contributed by atoms with Crippen LogP contribution in [-0.4, -0.2) is 26.5 Å². The molecule has 0 saturated carbocycles. The summed E-state index contributed by atoms with van der Waals surface area (Å²) in [4.78, 5) is 40.8. The normalized spacial score (nSPS) is 10.8. The number of nitrogens with one attached hydrogen (secondary N) is 1. The van der Waals surface area contributed by atoms with Crippen molar-refractivity contribution in [1.82, 2.24) is 14.6 Å². The molecule has 0 saturated heterocycles. The number of unbranched alkanes of at least 4 members (excludes halogenated alkanes) is 1. The lowest BCUT2D eigenvalue weighted by molar-refractivity contribution is -0.115. The van der Waals surface area contributed by atoms with E-state index in [0.717, 1.165) is 24.3 Å². The lowest BCUT2D eigenvalue weighted by Crippen LogP contribution is -2.16. The Morgan fingerprint density at radius 1 is 1.21 bits per heavy atom. The summed E-state index contributed by atoms with van der Waals surface area (Å²) in [6.45, 7) is 3.75. The van der Waals surface area contributed by atoms with Crippen LogP contribution in [0, 0.1) is 0 Å². The second kappa shape index (κ2) is 9.42. The van der Waals surface area contributed by atoms with Gasteiger partial charge >= 0.3 is 5.97 Å². The molecule has 2 aromatic heterocycles. The number of rotatable bonds is 8. The number of esters is 1. The van der Waals surface area contributed by atoms with Crippen molar-refractivity contribution in [3.63, 3.8) is 0 Å². The average molecular weight is 414 g/mol.